The first kappa shape index (κ1) is 20.3. The summed E-state index contributed by atoms with van der Waals surface area (Å²) in [5.41, 5.74) is 0.680. The smallest absolute Gasteiger partial charge is 0.325 e. The van der Waals surface area contributed by atoms with Gasteiger partial charge in [0.1, 0.15) is 12.1 Å². The van der Waals surface area contributed by atoms with Gasteiger partial charge in [0.25, 0.3) is 5.91 Å². The van der Waals surface area contributed by atoms with E-state index >= 15 is 0 Å². The molecule has 0 unspecified atom stereocenters. The van der Waals surface area contributed by atoms with Crippen LogP contribution in [0.25, 0.3) is 0 Å². The number of nitrogens with zero attached hydrogens (tertiary/aromatic N) is 1. The van der Waals surface area contributed by atoms with E-state index in [-0.39, 0.29) is 5.78 Å². The molecule has 1 aliphatic heterocycles. The van der Waals surface area contributed by atoms with Crippen molar-refractivity contribution in [3.63, 3.8) is 0 Å². The number of benzene rings is 1. The van der Waals surface area contributed by atoms with Gasteiger partial charge < -0.3 is 10.6 Å². The molecule has 2 aliphatic rings. The molecular weight excluding hydrogens is 402 g/mol. The second-order valence-electron chi connectivity index (χ2n) is 7.76. The van der Waals surface area contributed by atoms with E-state index in [2.05, 4.69) is 10.6 Å². The second-order valence-corrected chi connectivity index (χ2v) is 8.76. The maximum Gasteiger partial charge on any atom is 0.325 e. The SMILES string of the molecule is CC(=O)[C@H](Cc1ccccc1)NC(=O)CN1C(=O)N[C@@]2(CCCc3sccc32)C1=O. The summed E-state index contributed by atoms with van der Waals surface area (Å²) in [4.78, 5) is 52.5. The highest BCUT2D eigenvalue weighted by Crippen LogP contribution is 2.41. The van der Waals surface area contributed by atoms with E-state index < -0.39 is 36.0 Å². The molecule has 1 aromatic heterocycles. The van der Waals surface area contributed by atoms with Gasteiger partial charge in [0, 0.05) is 10.4 Å². The zero-order valence-electron chi connectivity index (χ0n) is 16.6. The zero-order chi connectivity index (χ0) is 21.3. The minimum Gasteiger partial charge on any atom is -0.344 e. The van der Waals surface area contributed by atoms with Gasteiger partial charge >= 0.3 is 6.03 Å². The summed E-state index contributed by atoms with van der Waals surface area (Å²) in [5, 5.41) is 7.43. The Labute approximate surface area is 178 Å². The fourth-order valence-corrected chi connectivity index (χ4v) is 5.21. The standard InChI is InChI=1S/C22H23N3O4S/c1-14(26)17(12-15-6-3-2-4-7-15)23-19(27)13-25-20(28)22(24-21(25)29)10-5-8-18-16(22)9-11-30-18/h2-4,6-7,9,11,17H,5,8,10,12-13H2,1H3,(H,23,27)(H,24,29)/t17-,22+/m0/s1. The molecule has 2 heterocycles. The van der Waals surface area contributed by atoms with Gasteiger partial charge in [-0.1, -0.05) is 30.3 Å². The minimum atomic E-state index is -1.07. The Kier molecular flexibility index (Phi) is 5.42. The van der Waals surface area contributed by atoms with E-state index in [0.29, 0.717) is 12.8 Å². The third-order valence-corrected chi connectivity index (χ3v) is 6.73. The van der Waals surface area contributed by atoms with Crippen molar-refractivity contribution < 1.29 is 19.2 Å². The van der Waals surface area contributed by atoms with Gasteiger partial charge in [0.15, 0.2) is 5.78 Å². The monoisotopic (exact) mass is 425 g/mol. The van der Waals surface area contributed by atoms with Crippen LogP contribution in [0.1, 0.15) is 35.8 Å². The molecule has 2 N–H and O–H groups in total. The number of hydrogen-bond donors (Lipinski definition) is 2. The number of nitrogens with one attached hydrogen (secondary N) is 2. The van der Waals surface area contributed by atoms with Crippen molar-refractivity contribution in [2.75, 3.05) is 6.54 Å². The topological polar surface area (TPSA) is 95.6 Å². The van der Waals surface area contributed by atoms with Crippen LogP contribution in [0.3, 0.4) is 0 Å². The highest BCUT2D eigenvalue weighted by molar-refractivity contribution is 7.10. The first-order chi connectivity index (χ1) is 14.4. The maximum atomic E-state index is 13.2. The Morgan fingerprint density at radius 3 is 2.73 bits per heavy atom. The van der Waals surface area contributed by atoms with Gasteiger partial charge in [-0.05, 0) is 49.6 Å². The lowest BCUT2D eigenvalue weighted by molar-refractivity contribution is -0.136. The molecule has 2 aromatic rings. The van der Waals surface area contributed by atoms with E-state index in [1.54, 1.807) is 11.3 Å². The fraction of sp³-hybridized carbons (Fsp3) is 0.364. The number of ketones is 1. The Morgan fingerprint density at radius 2 is 2.00 bits per heavy atom. The summed E-state index contributed by atoms with van der Waals surface area (Å²) in [5.74, 6) is -1.12. The Morgan fingerprint density at radius 1 is 1.23 bits per heavy atom. The zero-order valence-corrected chi connectivity index (χ0v) is 17.5. The molecule has 2 atom stereocenters. The summed E-state index contributed by atoms with van der Waals surface area (Å²) in [7, 11) is 0. The molecule has 0 radical (unpaired) electrons. The number of urea groups is 1. The average molecular weight is 426 g/mol. The van der Waals surface area contributed by atoms with Gasteiger partial charge in [-0.25, -0.2) is 4.79 Å². The largest absolute Gasteiger partial charge is 0.344 e. The first-order valence-corrected chi connectivity index (χ1v) is 10.8. The fourth-order valence-electron chi connectivity index (χ4n) is 4.21. The number of Topliss-reactive ketones (excluding diaryl/α,β-unsaturated/α-hetero) is 1. The number of aryl methyl sites for hydroxylation is 1. The summed E-state index contributed by atoms with van der Waals surface area (Å²) in [6.07, 6.45) is 2.55. The van der Waals surface area contributed by atoms with E-state index in [4.69, 9.17) is 0 Å². The maximum absolute atomic E-state index is 13.2. The molecule has 0 saturated carbocycles. The van der Waals surface area contributed by atoms with E-state index in [1.165, 1.54) is 6.92 Å². The molecule has 4 amide bonds. The van der Waals surface area contributed by atoms with Crippen molar-refractivity contribution in [3.05, 3.63) is 57.8 Å². The number of imide groups is 1. The van der Waals surface area contributed by atoms with Gasteiger partial charge in [-0.3, -0.25) is 19.3 Å². The molecule has 1 fully saturated rings. The van der Waals surface area contributed by atoms with E-state index in [9.17, 15) is 19.2 Å². The molecule has 156 valence electrons. The predicted octanol–water partition coefficient (Wildman–Crippen LogP) is 2.15. The van der Waals surface area contributed by atoms with Crippen LogP contribution in [0.5, 0.6) is 0 Å². The Bertz CT molecular complexity index is 1000. The molecule has 0 bridgehead atoms. The van der Waals surface area contributed by atoms with Gasteiger partial charge in [-0.2, -0.15) is 0 Å². The highest BCUT2D eigenvalue weighted by atomic mass is 32.1. The molecule has 7 nitrogen and oxygen atoms in total. The average Bonchev–Trinajstić information content (AvgIpc) is 3.29. The van der Waals surface area contributed by atoms with Gasteiger partial charge in [0.2, 0.25) is 5.91 Å². The van der Waals surface area contributed by atoms with Crippen LogP contribution in [-0.4, -0.2) is 41.1 Å². The van der Waals surface area contributed by atoms with Crippen LogP contribution >= 0.6 is 11.3 Å². The summed E-state index contributed by atoms with van der Waals surface area (Å²) >= 11 is 1.58. The highest BCUT2D eigenvalue weighted by Gasteiger charge is 2.54. The van der Waals surface area contributed by atoms with Gasteiger partial charge in [-0.15, -0.1) is 11.3 Å². The first-order valence-electron chi connectivity index (χ1n) is 9.95. The third kappa shape index (κ3) is 3.63. The van der Waals surface area contributed by atoms with Crippen molar-refractivity contribution in [2.45, 2.75) is 44.2 Å². The third-order valence-electron chi connectivity index (χ3n) is 5.75. The summed E-state index contributed by atoms with van der Waals surface area (Å²) in [6.45, 7) is 1.00. The van der Waals surface area contributed by atoms with Crippen LogP contribution in [0.15, 0.2) is 41.8 Å². The molecule has 1 aromatic carbocycles. The number of amides is 4. The molecule has 1 saturated heterocycles. The normalized spacial score (nSPS) is 21.3. The van der Waals surface area contributed by atoms with E-state index in [0.717, 1.165) is 33.7 Å². The number of fused-ring (bicyclic) bond motifs is 2. The van der Waals surface area contributed by atoms with Crippen LogP contribution < -0.4 is 10.6 Å². The quantitative estimate of drug-likeness (QED) is 0.694. The lowest BCUT2D eigenvalue weighted by atomic mass is 9.80. The molecule has 1 aliphatic carbocycles. The number of rotatable bonds is 6. The predicted molar refractivity (Wildman–Crippen MR) is 112 cm³/mol. The van der Waals surface area contributed by atoms with Crippen molar-refractivity contribution in [1.82, 2.24) is 15.5 Å². The van der Waals surface area contributed by atoms with Crippen molar-refractivity contribution in [2.24, 2.45) is 0 Å². The molecule has 8 heteroatoms. The van der Waals surface area contributed by atoms with Crippen molar-refractivity contribution in [1.29, 1.82) is 0 Å². The van der Waals surface area contributed by atoms with Gasteiger partial charge in [0.05, 0.1) is 6.04 Å². The van der Waals surface area contributed by atoms with Crippen molar-refractivity contribution >= 4 is 35.0 Å². The lowest BCUT2D eigenvalue weighted by Crippen LogP contribution is -2.49. The summed E-state index contributed by atoms with van der Waals surface area (Å²) < 4.78 is 0. The van der Waals surface area contributed by atoms with E-state index in [1.807, 2.05) is 41.8 Å². The molecule has 4 rings (SSSR count). The number of carbonyl (C=O) groups is 4. The van der Waals surface area contributed by atoms with Crippen LogP contribution in [0, 0.1) is 0 Å². The van der Waals surface area contributed by atoms with Crippen LogP contribution in [-0.2, 0) is 32.8 Å². The summed E-state index contributed by atoms with van der Waals surface area (Å²) in [6, 6.07) is 9.96. The molecule has 30 heavy (non-hydrogen) atoms. The van der Waals surface area contributed by atoms with Crippen molar-refractivity contribution in [3.8, 4) is 0 Å². The van der Waals surface area contributed by atoms with Crippen LogP contribution in [0.2, 0.25) is 0 Å². The second kappa shape index (κ2) is 8.02. The lowest BCUT2D eigenvalue weighted by Gasteiger charge is -2.31. The number of hydrogen-bond acceptors (Lipinski definition) is 5. The number of thiophene rings is 1. The minimum absolute atomic E-state index is 0.184. The Balaban J connectivity index is 1.46. The Hall–Kier alpha value is -3.00. The molecular formula is C22H23N3O4S. The van der Waals surface area contributed by atoms with Crippen LogP contribution in [0.4, 0.5) is 4.79 Å². The molecule has 1 spiro atoms. The number of carbonyl (C=O) groups excluding carboxylic acids is 4.